The van der Waals surface area contributed by atoms with Crippen LogP contribution in [0, 0.1) is 11.7 Å². The summed E-state index contributed by atoms with van der Waals surface area (Å²) in [7, 11) is 0. The molecule has 0 aromatic heterocycles. The number of hydrogen-bond donors (Lipinski definition) is 3. The van der Waals surface area contributed by atoms with Gasteiger partial charge in [-0.1, -0.05) is 24.9 Å². The van der Waals surface area contributed by atoms with E-state index in [0.29, 0.717) is 24.1 Å². The molecule has 0 spiro atoms. The minimum Gasteiger partial charge on any atom is -0.409 e. The molecular formula is C15H22FN3O. The van der Waals surface area contributed by atoms with Crippen LogP contribution in [0.1, 0.15) is 43.7 Å². The highest BCUT2D eigenvalue weighted by atomic mass is 19.1. The van der Waals surface area contributed by atoms with E-state index in [9.17, 15) is 4.39 Å². The molecule has 4 N–H and O–H groups in total. The Bertz CT molecular complexity index is 490. The molecule has 2 rings (SSSR count). The Morgan fingerprint density at radius 2 is 2.15 bits per heavy atom. The van der Waals surface area contributed by atoms with Crippen molar-refractivity contribution in [3.8, 4) is 0 Å². The van der Waals surface area contributed by atoms with Gasteiger partial charge in [0.25, 0.3) is 0 Å². The number of halogens is 1. The van der Waals surface area contributed by atoms with Gasteiger partial charge >= 0.3 is 0 Å². The molecule has 0 radical (unpaired) electrons. The number of nitrogens with one attached hydrogen (secondary N) is 1. The molecule has 110 valence electrons. The van der Waals surface area contributed by atoms with Crippen molar-refractivity contribution in [2.75, 3.05) is 0 Å². The number of rotatable bonds is 4. The van der Waals surface area contributed by atoms with Crippen LogP contribution in [0.5, 0.6) is 0 Å². The molecule has 1 aromatic carbocycles. The lowest BCUT2D eigenvalue weighted by atomic mass is 9.86. The van der Waals surface area contributed by atoms with Crippen molar-refractivity contribution < 1.29 is 9.60 Å². The maximum absolute atomic E-state index is 13.5. The van der Waals surface area contributed by atoms with E-state index in [0.717, 1.165) is 5.56 Å². The molecule has 20 heavy (non-hydrogen) atoms. The summed E-state index contributed by atoms with van der Waals surface area (Å²) >= 11 is 0. The largest absolute Gasteiger partial charge is 0.409 e. The molecule has 2 atom stereocenters. The number of amidine groups is 1. The summed E-state index contributed by atoms with van der Waals surface area (Å²) < 4.78 is 13.5. The average molecular weight is 279 g/mol. The van der Waals surface area contributed by atoms with Gasteiger partial charge in [0.2, 0.25) is 0 Å². The molecule has 1 fully saturated rings. The Labute approximate surface area is 118 Å². The van der Waals surface area contributed by atoms with Gasteiger partial charge in [-0.25, -0.2) is 4.39 Å². The third-order valence-corrected chi connectivity index (χ3v) is 4.04. The Kier molecular flexibility index (Phi) is 4.95. The molecule has 0 saturated heterocycles. The van der Waals surface area contributed by atoms with E-state index in [1.165, 1.54) is 37.8 Å². The van der Waals surface area contributed by atoms with Gasteiger partial charge in [0.05, 0.1) is 0 Å². The van der Waals surface area contributed by atoms with Crippen LogP contribution in [0.4, 0.5) is 4.39 Å². The monoisotopic (exact) mass is 279 g/mol. The van der Waals surface area contributed by atoms with Crippen molar-refractivity contribution in [3.05, 3.63) is 35.1 Å². The zero-order chi connectivity index (χ0) is 14.5. The SMILES string of the molecule is CC1CCCCC1NCc1cc(F)cc(/C(N)=N/O)c1. The summed E-state index contributed by atoms with van der Waals surface area (Å²) in [5, 5.41) is 15.1. The van der Waals surface area contributed by atoms with Crippen LogP contribution in [-0.4, -0.2) is 17.1 Å². The van der Waals surface area contributed by atoms with Gasteiger partial charge < -0.3 is 16.3 Å². The van der Waals surface area contributed by atoms with Crippen LogP contribution in [0.3, 0.4) is 0 Å². The molecule has 1 aromatic rings. The number of nitrogens with two attached hydrogens (primary N) is 1. The van der Waals surface area contributed by atoms with E-state index >= 15 is 0 Å². The lowest BCUT2D eigenvalue weighted by Crippen LogP contribution is -2.36. The van der Waals surface area contributed by atoms with E-state index < -0.39 is 0 Å². The zero-order valence-corrected chi connectivity index (χ0v) is 11.8. The highest BCUT2D eigenvalue weighted by Gasteiger charge is 2.20. The van der Waals surface area contributed by atoms with Crippen LogP contribution >= 0.6 is 0 Å². The van der Waals surface area contributed by atoms with Crippen LogP contribution in [0.2, 0.25) is 0 Å². The normalized spacial score (nSPS) is 23.8. The molecule has 1 saturated carbocycles. The van der Waals surface area contributed by atoms with Crippen molar-refractivity contribution in [3.63, 3.8) is 0 Å². The van der Waals surface area contributed by atoms with Gasteiger partial charge in [-0.3, -0.25) is 0 Å². The zero-order valence-electron chi connectivity index (χ0n) is 11.8. The minimum absolute atomic E-state index is 0.0724. The van der Waals surface area contributed by atoms with E-state index in [1.807, 2.05) is 0 Å². The summed E-state index contributed by atoms with van der Waals surface area (Å²) in [5.41, 5.74) is 6.72. The fraction of sp³-hybridized carbons (Fsp3) is 0.533. The minimum atomic E-state index is -0.373. The van der Waals surface area contributed by atoms with E-state index in [4.69, 9.17) is 10.9 Å². The third-order valence-electron chi connectivity index (χ3n) is 4.04. The van der Waals surface area contributed by atoms with E-state index in [2.05, 4.69) is 17.4 Å². The van der Waals surface area contributed by atoms with Crippen molar-refractivity contribution >= 4 is 5.84 Å². The standard InChI is InChI=1S/C15H22FN3O/c1-10-4-2-3-5-14(10)18-9-11-6-12(15(17)19-20)8-13(16)7-11/h6-8,10,14,18,20H,2-5,9H2,1H3,(H2,17,19). The van der Waals surface area contributed by atoms with Gasteiger partial charge in [0, 0.05) is 18.2 Å². The van der Waals surface area contributed by atoms with Crippen molar-refractivity contribution in [2.24, 2.45) is 16.8 Å². The van der Waals surface area contributed by atoms with Gasteiger partial charge in [-0.2, -0.15) is 0 Å². The predicted molar refractivity (Wildman–Crippen MR) is 77.2 cm³/mol. The first-order chi connectivity index (χ1) is 9.60. The summed E-state index contributed by atoms with van der Waals surface area (Å²) in [5.74, 6) is 0.209. The predicted octanol–water partition coefficient (Wildman–Crippen LogP) is 2.59. The van der Waals surface area contributed by atoms with E-state index in [1.54, 1.807) is 6.07 Å². The first-order valence-corrected chi connectivity index (χ1v) is 7.11. The summed E-state index contributed by atoms with van der Waals surface area (Å²) in [4.78, 5) is 0. The molecule has 1 aliphatic carbocycles. The summed E-state index contributed by atoms with van der Waals surface area (Å²) in [6.07, 6.45) is 4.97. The molecule has 2 unspecified atom stereocenters. The first kappa shape index (κ1) is 14.8. The number of nitrogens with zero attached hydrogens (tertiary/aromatic N) is 1. The lowest BCUT2D eigenvalue weighted by molar-refractivity contribution is 0.279. The summed E-state index contributed by atoms with van der Waals surface area (Å²) in [6.45, 7) is 2.85. The Morgan fingerprint density at radius 1 is 1.40 bits per heavy atom. The molecule has 4 nitrogen and oxygen atoms in total. The third kappa shape index (κ3) is 3.70. The van der Waals surface area contributed by atoms with Crippen LogP contribution in [0.25, 0.3) is 0 Å². The van der Waals surface area contributed by atoms with Crippen molar-refractivity contribution in [2.45, 2.75) is 45.2 Å². The molecule has 0 bridgehead atoms. The molecule has 0 amide bonds. The van der Waals surface area contributed by atoms with Crippen molar-refractivity contribution in [1.29, 1.82) is 0 Å². The Balaban J connectivity index is 2.03. The number of benzene rings is 1. The lowest BCUT2D eigenvalue weighted by Gasteiger charge is -2.29. The second-order valence-electron chi connectivity index (χ2n) is 5.58. The summed E-state index contributed by atoms with van der Waals surface area (Å²) in [6, 6.07) is 4.98. The smallest absolute Gasteiger partial charge is 0.170 e. The fourth-order valence-corrected chi connectivity index (χ4v) is 2.83. The molecular weight excluding hydrogens is 257 g/mol. The second kappa shape index (κ2) is 6.70. The first-order valence-electron chi connectivity index (χ1n) is 7.11. The Morgan fingerprint density at radius 3 is 2.85 bits per heavy atom. The van der Waals surface area contributed by atoms with Gasteiger partial charge in [-0.05, 0) is 42.5 Å². The topological polar surface area (TPSA) is 70.6 Å². The second-order valence-corrected chi connectivity index (χ2v) is 5.58. The highest BCUT2D eigenvalue weighted by molar-refractivity contribution is 5.97. The molecule has 0 aliphatic heterocycles. The van der Waals surface area contributed by atoms with Crippen LogP contribution < -0.4 is 11.1 Å². The number of hydrogen-bond acceptors (Lipinski definition) is 3. The van der Waals surface area contributed by atoms with Gasteiger partial charge in [-0.15, -0.1) is 0 Å². The van der Waals surface area contributed by atoms with Gasteiger partial charge in [0.1, 0.15) is 5.82 Å². The quantitative estimate of drug-likeness (QED) is 0.343. The van der Waals surface area contributed by atoms with Crippen LogP contribution in [0.15, 0.2) is 23.4 Å². The average Bonchev–Trinajstić information content (AvgIpc) is 2.45. The van der Waals surface area contributed by atoms with Crippen LogP contribution in [-0.2, 0) is 6.54 Å². The maximum atomic E-state index is 13.5. The van der Waals surface area contributed by atoms with E-state index in [-0.39, 0.29) is 11.7 Å². The number of oxime groups is 1. The Hall–Kier alpha value is -1.62. The van der Waals surface area contributed by atoms with Gasteiger partial charge in [0.15, 0.2) is 5.84 Å². The molecule has 1 aliphatic rings. The maximum Gasteiger partial charge on any atom is 0.170 e. The fourth-order valence-electron chi connectivity index (χ4n) is 2.83. The molecule has 0 heterocycles. The van der Waals surface area contributed by atoms with Crippen molar-refractivity contribution in [1.82, 2.24) is 5.32 Å². The molecule has 5 heteroatoms. The highest BCUT2D eigenvalue weighted by Crippen LogP contribution is 2.24.